The van der Waals surface area contributed by atoms with E-state index >= 15 is 0 Å². The fourth-order valence-electron chi connectivity index (χ4n) is 4.30. The molecule has 0 aliphatic heterocycles. The van der Waals surface area contributed by atoms with Crippen molar-refractivity contribution in [3.63, 3.8) is 0 Å². The number of hydrogen-bond donors (Lipinski definition) is 5. The van der Waals surface area contributed by atoms with Crippen molar-refractivity contribution in [1.29, 1.82) is 0 Å². The largest absolute Gasteiger partial charge is 0.497 e. The van der Waals surface area contributed by atoms with Crippen LogP contribution in [0, 0.1) is 5.92 Å². The molecular weight excluding hydrogens is 407 g/mol. The van der Waals surface area contributed by atoms with Crippen molar-refractivity contribution in [3.05, 3.63) is 54.1 Å². The maximum absolute atomic E-state index is 11.8. The highest BCUT2D eigenvalue weighted by atomic mass is 16.5. The van der Waals surface area contributed by atoms with E-state index in [0.717, 1.165) is 36.3 Å². The first-order valence-corrected chi connectivity index (χ1v) is 11.2. The van der Waals surface area contributed by atoms with Gasteiger partial charge in [0.1, 0.15) is 11.3 Å². The number of aliphatic carboxylic acids is 1. The molecule has 0 spiro atoms. The number of benzene rings is 2. The molecule has 1 saturated carbocycles. The van der Waals surface area contributed by atoms with Gasteiger partial charge in [-0.1, -0.05) is 49.2 Å². The van der Waals surface area contributed by atoms with E-state index in [1.807, 2.05) is 24.3 Å². The fraction of sp³-hybridized carbons (Fsp3) is 0.458. The van der Waals surface area contributed by atoms with Crippen molar-refractivity contribution in [3.8, 4) is 16.9 Å². The van der Waals surface area contributed by atoms with E-state index in [9.17, 15) is 9.90 Å². The van der Waals surface area contributed by atoms with Crippen LogP contribution in [0.25, 0.3) is 11.1 Å². The predicted molar refractivity (Wildman–Crippen MR) is 125 cm³/mol. The molecule has 3 rings (SSSR count). The summed E-state index contributed by atoms with van der Waals surface area (Å²) >= 11 is 0. The first-order valence-electron chi connectivity index (χ1n) is 11.2. The minimum absolute atomic E-state index is 0.0750. The molecule has 0 amide bonds. The van der Waals surface area contributed by atoms with Crippen LogP contribution in [0.1, 0.15) is 37.7 Å². The average Bonchev–Trinajstić information content (AvgIpc) is 2.76. The van der Waals surface area contributed by atoms with Crippen molar-refractivity contribution in [2.45, 2.75) is 56.5 Å². The molecule has 8 heteroatoms. The Morgan fingerprint density at radius 1 is 1.09 bits per heavy atom. The highest BCUT2D eigenvalue weighted by Gasteiger charge is 2.48. The molecule has 0 radical (unpaired) electrons. The Kier molecular flexibility index (Phi) is 8.31. The Morgan fingerprint density at radius 2 is 1.69 bits per heavy atom. The summed E-state index contributed by atoms with van der Waals surface area (Å²) in [6.45, 7) is 0.722. The van der Waals surface area contributed by atoms with Crippen LogP contribution in [0.2, 0.25) is 6.32 Å². The molecule has 2 aromatic rings. The molecule has 0 saturated heterocycles. The van der Waals surface area contributed by atoms with Crippen LogP contribution in [0.5, 0.6) is 5.75 Å². The Balaban J connectivity index is 1.45. The summed E-state index contributed by atoms with van der Waals surface area (Å²) in [6, 6.07) is 16.6. The number of nitrogens with one attached hydrogen (secondary N) is 1. The normalized spacial score (nSPS) is 19.6. The Labute approximate surface area is 189 Å². The number of nitrogens with two attached hydrogens (primary N) is 1. The SMILES string of the molecule is COc1ccc(-c2ccc(CNC3CC([C@](N)(CCCCB(O)O)C(=O)O)C3)cc2)cc1. The van der Waals surface area contributed by atoms with Crippen LogP contribution < -0.4 is 15.8 Å². The van der Waals surface area contributed by atoms with E-state index in [0.29, 0.717) is 19.3 Å². The van der Waals surface area contributed by atoms with Gasteiger partial charge in [-0.15, -0.1) is 0 Å². The second kappa shape index (κ2) is 11.0. The van der Waals surface area contributed by atoms with Crippen molar-refractivity contribution < 1.29 is 24.7 Å². The second-order valence-electron chi connectivity index (χ2n) is 8.74. The molecule has 2 aromatic carbocycles. The number of rotatable bonds is 12. The van der Waals surface area contributed by atoms with Crippen molar-refractivity contribution in [2.24, 2.45) is 11.7 Å². The third-order valence-electron chi connectivity index (χ3n) is 6.54. The molecule has 0 aromatic heterocycles. The summed E-state index contributed by atoms with van der Waals surface area (Å²) in [5, 5.41) is 31.0. The molecule has 6 N–H and O–H groups in total. The van der Waals surface area contributed by atoms with Gasteiger partial charge in [-0.25, -0.2) is 0 Å². The zero-order chi connectivity index (χ0) is 23.1. The zero-order valence-electron chi connectivity index (χ0n) is 18.5. The monoisotopic (exact) mass is 440 g/mol. The topological polar surface area (TPSA) is 125 Å². The highest BCUT2D eigenvalue weighted by molar-refractivity contribution is 6.40. The Bertz CT molecular complexity index is 869. The summed E-state index contributed by atoms with van der Waals surface area (Å²) in [5.41, 5.74) is 8.46. The van der Waals surface area contributed by atoms with Crippen molar-refractivity contribution in [2.75, 3.05) is 7.11 Å². The van der Waals surface area contributed by atoms with Crippen molar-refractivity contribution in [1.82, 2.24) is 5.32 Å². The third kappa shape index (κ3) is 6.10. The molecule has 1 aliphatic rings. The van der Waals surface area contributed by atoms with Crippen molar-refractivity contribution >= 4 is 13.1 Å². The third-order valence-corrected chi connectivity index (χ3v) is 6.54. The molecule has 1 atom stereocenters. The summed E-state index contributed by atoms with van der Waals surface area (Å²) in [6.07, 6.45) is 3.16. The maximum Gasteiger partial charge on any atom is 0.451 e. The van der Waals surface area contributed by atoms with E-state index in [1.54, 1.807) is 7.11 Å². The van der Waals surface area contributed by atoms with E-state index in [1.165, 1.54) is 5.56 Å². The van der Waals surface area contributed by atoms with Crippen LogP contribution in [0.15, 0.2) is 48.5 Å². The lowest BCUT2D eigenvalue weighted by Crippen LogP contribution is -2.61. The lowest BCUT2D eigenvalue weighted by atomic mass is 9.66. The van der Waals surface area contributed by atoms with Crippen LogP contribution in [0.4, 0.5) is 0 Å². The zero-order valence-corrected chi connectivity index (χ0v) is 18.5. The molecule has 0 unspecified atom stereocenters. The van der Waals surface area contributed by atoms with Gasteiger partial charge in [0, 0.05) is 12.6 Å². The van der Waals surface area contributed by atoms with E-state index < -0.39 is 18.6 Å². The molecular formula is C24H33BN2O5. The smallest absolute Gasteiger partial charge is 0.451 e. The van der Waals surface area contributed by atoms with Crippen LogP contribution in [-0.2, 0) is 11.3 Å². The second-order valence-corrected chi connectivity index (χ2v) is 8.74. The first kappa shape index (κ1) is 24.3. The van der Waals surface area contributed by atoms with Gasteiger partial charge in [-0.2, -0.15) is 0 Å². The summed E-state index contributed by atoms with van der Waals surface area (Å²) in [7, 11) is 0.302. The highest BCUT2D eigenvalue weighted by Crippen LogP contribution is 2.38. The summed E-state index contributed by atoms with van der Waals surface area (Å²) < 4.78 is 5.20. The van der Waals surface area contributed by atoms with E-state index in [-0.39, 0.29) is 18.3 Å². The molecule has 0 bridgehead atoms. The molecule has 0 heterocycles. The van der Waals surface area contributed by atoms with E-state index in [2.05, 4.69) is 29.6 Å². The lowest BCUT2D eigenvalue weighted by Gasteiger charge is -2.45. The number of carboxylic acids is 1. The predicted octanol–water partition coefficient (Wildman–Crippen LogP) is 2.66. The van der Waals surface area contributed by atoms with E-state index in [4.69, 9.17) is 20.5 Å². The van der Waals surface area contributed by atoms with Crippen LogP contribution >= 0.6 is 0 Å². The van der Waals surface area contributed by atoms with Crippen LogP contribution in [0.3, 0.4) is 0 Å². The molecule has 7 nitrogen and oxygen atoms in total. The number of methoxy groups -OCH3 is 1. The molecule has 1 aliphatic carbocycles. The summed E-state index contributed by atoms with van der Waals surface area (Å²) in [5.74, 6) is -0.213. The molecule has 32 heavy (non-hydrogen) atoms. The number of hydrogen-bond acceptors (Lipinski definition) is 6. The number of ether oxygens (including phenoxy) is 1. The Hall–Kier alpha value is -2.39. The fourth-order valence-corrected chi connectivity index (χ4v) is 4.30. The standard InChI is InChI=1S/C24H33BN2O5/c1-32-22-10-8-19(9-11-22)18-6-4-17(5-7-18)16-27-21-14-20(15-21)24(26,23(28)29)12-2-3-13-25(30)31/h4-11,20-21,27,30-31H,2-3,12-16,26H2,1H3,(H,28,29)/t20?,21?,24-/m1/s1. The van der Waals surface area contributed by atoms with Gasteiger partial charge in [0.05, 0.1) is 7.11 Å². The minimum Gasteiger partial charge on any atom is -0.497 e. The molecule has 1 fully saturated rings. The lowest BCUT2D eigenvalue weighted by molar-refractivity contribution is -0.148. The number of carboxylic acid groups (broad SMARTS) is 1. The van der Waals surface area contributed by atoms with Gasteiger partial charge >= 0.3 is 13.1 Å². The maximum atomic E-state index is 11.8. The van der Waals surface area contributed by atoms with Gasteiger partial charge < -0.3 is 30.9 Å². The molecule has 172 valence electrons. The number of unbranched alkanes of at least 4 members (excludes halogenated alkanes) is 1. The van der Waals surface area contributed by atoms with Gasteiger partial charge in [0.2, 0.25) is 0 Å². The average molecular weight is 440 g/mol. The number of carbonyl (C=O) groups is 1. The first-order chi connectivity index (χ1) is 15.3. The van der Waals surface area contributed by atoms with Gasteiger partial charge in [0.15, 0.2) is 0 Å². The van der Waals surface area contributed by atoms with Gasteiger partial charge in [-0.3, -0.25) is 4.79 Å². The van der Waals surface area contributed by atoms with Gasteiger partial charge in [0.25, 0.3) is 0 Å². The summed E-state index contributed by atoms with van der Waals surface area (Å²) in [4.78, 5) is 11.8. The quantitative estimate of drug-likeness (QED) is 0.254. The minimum atomic E-state index is -1.35. The van der Waals surface area contributed by atoms with Gasteiger partial charge in [-0.05, 0) is 60.3 Å². The Morgan fingerprint density at radius 3 is 2.22 bits per heavy atom. The van der Waals surface area contributed by atoms with Crippen LogP contribution in [-0.4, -0.2) is 46.9 Å².